The van der Waals surface area contributed by atoms with Gasteiger partial charge in [0.1, 0.15) is 5.82 Å². The Bertz CT molecular complexity index is 1050. The summed E-state index contributed by atoms with van der Waals surface area (Å²) in [5.41, 5.74) is 2.79. The maximum Gasteiger partial charge on any atom is 0.258 e. The van der Waals surface area contributed by atoms with Crippen molar-refractivity contribution < 1.29 is 9.32 Å². The average molecular weight is 347 g/mol. The van der Waals surface area contributed by atoms with Crippen molar-refractivity contribution in [2.75, 3.05) is 5.32 Å². The molecule has 0 spiro atoms. The molecule has 1 amide bonds. The summed E-state index contributed by atoms with van der Waals surface area (Å²) >= 11 is 0. The molecule has 3 heterocycles. The second-order valence-electron chi connectivity index (χ2n) is 5.97. The lowest BCUT2D eigenvalue weighted by molar-refractivity contribution is 0.102. The molecule has 4 aromatic rings. The molecule has 26 heavy (non-hydrogen) atoms. The Balaban J connectivity index is 1.49. The minimum absolute atomic E-state index is 0.249. The van der Waals surface area contributed by atoms with Gasteiger partial charge in [-0.1, -0.05) is 35.5 Å². The van der Waals surface area contributed by atoms with Gasteiger partial charge in [0.05, 0.1) is 22.8 Å². The maximum atomic E-state index is 12.6. The van der Waals surface area contributed by atoms with Crippen LogP contribution in [0.5, 0.6) is 0 Å². The van der Waals surface area contributed by atoms with E-state index in [1.54, 1.807) is 23.0 Å². The quantitative estimate of drug-likeness (QED) is 0.599. The van der Waals surface area contributed by atoms with Gasteiger partial charge in [0.15, 0.2) is 0 Å². The molecule has 7 nitrogen and oxygen atoms in total. The third-order valence-corrected chi connectivity index (χ3v) is 4.19. The zero-order valence-electron chi connectivity index (χ0n) is 14.2. The van der Waals surface area contributed by atoms with Gasteiger partial charge in [-0.05, 0) is 25.0 Å². The van der Waals surface area contributed by atoms with Crippen LogP contribution in [0, 0.1) is 6.92 Å². The number of anilines is 1. The number of fused-ring (bicyclic) bond motifs is 1. The van der Waals surface area contributed by atoms with Gasteiger partial charge in [-0.2, -0.15) is 5.10 Å². The van der Waals surface area contributed by atoms with Crippen molar-refractivity contribution in [3.63, 3.8) is 0 Å². The molecule has 0 fully saturated rings. The first-order valence-corrected chi connectivity index (χ1v) is 8.30. The van der Waals surface area contributed by atoms with Crippen LogP contribution in [0.2, 0.25) is 0 Å². The lowest BCUT2D eigenvalue weighted by Gasteiger charge is -2.09. The van der Waals surface area contributed by atoms with Crippen LogP contribution in [-0.4, -0.2) is 25.8 Å². The second-order valence-corrected chi connectivity index (χ2v) is 5.97. The zero-order valence-corrected chi connectivity index (χ0v) is 14.2. The fraction of sp³-hybridized carbons (Fsp3) is 0.158. The number of nitrogens with zero attached hydrogens (tertiary/aromatic N) is 4. The van der Waals surface area contributed by atoms with Crippen molar-refractivity contribution in [2.24, 2.45) is 0 Å². The molecule has 1 aromatic carbocycles. The van der Waals surface area contributed by atoms with Crippen LogP contribution in [0.4, 0.5) is 5.82 Å². The molecule has 0 aliphatic rings. The summed E-state index contributed by atoms with van der Waals surface area (Å²) < 4.78 is 6.85. The van der Waals surface area contributed by atoms with E-state index in [0.29, 0.717) is 29.3 Å². The van der Waals surface area contributed by atoms with E-state index in [1.165, 1.54) is 11.8 Å². The molecule has 0 bridgehead atoms. The number of nitrogens with one attached hydrogen (secondary N) is 1. The van der Waals surface area contributed by atoms with E-state index >= 15 is 0 Å². The molecule has 1 N–H and O–H groups in total. The topological polar surface area (TPSA) is 85.8 Å². The summed E-state index contributed by atoms with van der Waals surface area (Å²) in [6.07, 6.45) is 3.98. The Labute approximate surface area is 149 Å². The molecule has 130 valence electrons. The predicted molar refractivity (Wildman–Crippen MR) is 96.9 cm³/mol. The van der Waals surface area contributed by atoms with Gasteiger partial charge in [-0.15, -0.1) is 0 Å². The first kappa shape index (κ1) is 16.0. The average Bonchev–Trinajstić information content (AvgIpc) is 3.27. The maximum absolute atomic E-state index is 12.6. The number of carbonyl (C=O) groups is 1. The summed E-state index contributed by atoms with van der Waals surface area (Å²) in [6.45, 7) is 2.49. The second kappa shape index (κ2) is 6.79. The highest BCUT2D eigenvalue weighted by molar-refractivity contribution is 6.05. The van der Waals surface area contributed by atoms with E-state index in [2.05, 4.69) is 32.7 Å². The number of aryl methyl sites for hydroxylation is 3. The molecule has 7 heteroatoms. The van der Waals surface area contributed by atoms with Crippen molar-refractivity contribution in [3.05, 3.63) is 71.7 Å². The van der Waals surface area contributed by atoms with E-state index in [1.807, 2.05) is 25.1 Å². The molecule has 0 aliphatic heterocycles. The number of aromatic nitrogens is 4. The van der Waals surface area contributed by atoms with E-state index < -0.39 is 0 Å². The van der Waals surface area contributed by atoms with Crippen molar-refractivity contribution in [1.82, 2.24) is 19.9 Å². The largest absolute Gasteiger partial charge is 0.336 e. The summed E-state index contributed by atoms with van der Waals surface area (Å²) in [6, 6.07) is 13.7. The Morgan fingerprint density at radius 3 is 2.92 bits per heavy atom. The van der Waals surface area contributed by atoms with Gasteiger partial charge >= 0.3 is 0 Å². The third-order valence-electron chi connectivity index (χ3n) is 4.19. The molecule has 0 aliphatic carbocycles. The number of amides is 1. The molecule has 0 saturated carbocycles. The van der Waals surface area contributed by atoms with Gasteiger partial charge < -0.3 is 9.84 Å². The smallest absolute Gasteiger partial charge is 0.258 e. The molecule has 3 aromatic heterocycles. The van der Waals surface area contributed by atoms with Crippen LogP contribution in [0.3, 0.4) is 0 Å². The fourth-order valence-corrected chi connectivity index (χ4v) is 2.75. The standard InChI is InChI=1S/C19H17N5O2/c1-13-16-11-15(12-20-19(16)26-23-13)18(25)22-17-7-9-21-24(17)10-8-14-5-3-2-4-6-14/h2-7,9,11-12H,8,10H2,1H3,(H,22,25). The molecule has 0 saturated heterocycles. The Morgan fingerprint density at radius 2 is 2.08 bits per heavy atom. The monoisotopic (exact) mass is 347 g/mol. The molecular weight excluding hydrogens is 330 g/mol. The van der Waals surface area contributed by atoms with E-state index in [0.717, 1.165) is 11.8 Å². The van der Waals surface area contributed by atoms with Crippen LogP contribution in [-0.2, 0) is 13.0 Å². The van der Waals surface area contributed by atoms with Crippen molar-refractivity contribution in [1.29, 1.82) is 0 Å². The molecule has 0 radical (unpaired) electrons. The minimum Gasteiger partial charge on any atom is -0.336 e. The minimum atomic E-state index is -0.249. The summed E-state index contributed by atoms with van der Waals surface area (Å²) in [4.78, 5) is 16.7. The number of pyridine rings is 1. The van der Waals surface area contributed by atoms with Gasteiger partial charge in [-0.3, -0.25) is 4.79 Å². The predicted octanol–water partition coefficient (Wildman–Crippen LogP) is 3.22. The third kappa shape index (κ3) is 3.19. The number of hydrogen-bond donors (Lipinski definition) is 1. The lowest BCUT2D eigenvalue weighted by atomic mass is 10.1. The van der Waals surface area contributed by atoms with E-state index in [4.69, 9.17) is 4.52 Å². The van der Waals surface area contributed by atoms with Gasteiger partial charge in [0, 0.05) is 18.8 Å². The first-order chi connectivity index (χ1) is 12.7. The number of hydrogen-bond acceptors (Lipinski definition) is 5. The SMILES string of the molecule is Cc1noc2ncc(C(=O)Nc3ccnn3CCc3ccccc3)cc12. The van der Waals surface area contributed by atoms with E-state index in [9.17, 15) is 4.79 Å². The van der Waals surface area contributed by atoms with E-state index in [-0.39, 0.29) is 5.91 Å². The fourth-order valence-electron chi connectivity index (χ4n) is 2.75. The summed E-state index contributed by atoms with van der Waals surface area (Å²) in [5, 5.41) is 11.8. The highest BCUT2D eigenvalue weighted by atomic mass is 16.5. The molecule has 0 unspecified atom stereocenters. The normalized spacial score (nSPS) is 11.0. The van der Waals surface area contributed by atoms with Crippen LogP contribution in [0.25, 0.3) is 11.1 Å². The summed E-state index contributed by atoms with van der Waals surface area (Å²) in [7, 11) is 0. The van der Waals surface area contributed by atoms with Gasteiger partial charge in [0.25, 0.3) is 11.6 Å². The highest BCUT2D eigenvalue weighted by Crippen LogP contribution is 2.18. The van der Waals surface area contributed by atoms with Crippen molar-refractivity contribution in [3.8, 4) is 0 Å². The number of carbonyl (C=O) groups excluding carboxylic acids is 1. The molecule has 0 atom stereocenters. The molecule has 4 rings (SSSR count). The van der Waals surface area contributed by atoms with Crippen molar-refractivity contribution >= 4 is 22.8 Å². The highest BCUT2D eigenvalue weighted by Gasteiger charge is 2.13. The van der Waals surface area contributed by atoms with Crippen LogP contribution < -0.4 is 5.32 Å². The van der Waals surface area contributed by atoms with Crippen LogP contribution >= 0.6 is 0 Å². The molecular formula is C19H17N5O2. The van der Waals surface area contributed by atoms with Crippen LogP contribution in [0.15, 0.2) is 59.4 Å². The zero-order chi connectivity index (χ0) is 17.9. The van der Waals surface area contributed by atoms with Crippen LogP contribution in [0.1, 0.15) is 21.6 Å². The number of rotatable bonds is 5. The Morgan fingerprint density at radius 1 is 1.23 bits per heavy atom. The van der Waals surface area contributed by atoms with Gasteiger partial charge in [-0.25, -0.2) is 9.67 Å². The Kier molecular flexibility index (Phi) is 4.18. The summed E-state index contributed by atoms with van der Waals surface area (Å²) in [5.74, 6) is 0.398. The first-order valence-electron chi connectivity index (χ1n) is 8.30. The van der Waals surface area contributed by atoms with Gasteiger partial charge in [0.2, 0.25) is 0 Å². The van der Waals surface area contributed by atoms with Crippen molar-refractivity contribution in [2.45, 2.75) is 19.9 Å². The lowest BCUT2D eigenvalue weighted by Crippen LogP contribution is -2.16. The Hall–Kier alpha value is -3.48. The number of benzene rings is 1.